The minimum Gasteiger partial charge on any atom is -0.497 e. The Bertz CT molecular complexity index is 1030. The molecule has 3 aliphatic heterocycles. The molecule has 0 radical (unpaired) electrons. The van der Waals surface area contributed by atoms with E-state index in [1.165, 1.54) is 0 Å². The summed E-state index contributed by atoms with van der Waals surface area (Å²) >= 11 is 0. The van der Waals surface area contributed by atoms with E-state index in [-0.39, 0.29) is 23.6 Å². The third kappa shape index (κ3) is 2.24. The van der Waals surface area contributed by atoms with Gasteiger partial charge in [-0.2, -0.15) is 0 Å². The number of benzene rings is 2. The highest BCUT2D eigenvalue weighted by molar-refractivity contribution is 6.14. The Morgan fingerprint density at radius 2 is 1.71 bits per heavy atom. The molecule has 0 aromatic heterocycles. The Hall–Kier alpha value is -3.41. The maximum Gasteiger partial charge on any atom is 0.233 e. The normalized spacial score (nSPS) is 27.1. The van der Waals surface area contributed by atoms with Crippen LogP contribution in [-0.2, 0) is 9.59 Å². The van der Waals surface area contributed by atoms with Crippen molar-refractivity contribution in [3.63, 3.8) is 0 Å². The maximum absolute atomic E-state index is 13.5. The first-order chi connectivity index (χ1) is 13.6. The van der Waals surface area contributed by atoms with Crippen LogP contribution in [0, 0.1) is 11.8 Å². The van der Waals surface area contributed by atoms with Crippen LogP contribution in [0.2, 0.25) is 0 Å². The molecule has 6 heteroatoms. The summed E-state index contributed by atoms with van der Waals surface area (Å²) in [4.78, 5) is 40.6. The molecule has 140 valence electrons. The second-order valence-corrected chi connectivity index (χ2v) is 7.26. The molecule has 0 aliphatic carbocycles. The van der Waals surface area contributed by atoms with Gasteiger partial charge in [0.15, 0.2) is 5.78 Å². The van der Waals surface area contributed by atoms with Crippen molar-refractivity contribution in [1.29, 1.82) is 0 Å². The van der Waals surface area contributed by atoms with Crippen molar-refractivity contribution in [3.8, 4) is 5.75 Å². The average molecular weight is 374 g/mol. The van der Waals surface area contributed by atoms with Crippen LogP contribution >= 0.6 is 0 Å². The molecule has 5 rings (SSSR count). The number of nitrogens with one attached hydrogen (secondary N) is 1. The number of amides is 2. The van der Waals surface area contributed by atoms with Crippen LogP contribution in [0.4, 0.5) is 5.69 Å². The number of carbonyl (C=O) groups is 3. The SMILES string of the molecule is COc1ccc(C(=O)[C@@H]2[C@@H]3C(=O)NC(=O)[C@H]3[C@H]3C=Cc4ccccc4N32)cc1. The number of hydrogen-bond acceptors (Lipinski definition) is 5. The van der Waals surface area contributed by atoms with Gasteiger partial charge >= 0.3 is 0 Å². The fourth-order valence-corrected chi connectivity index (χ4v) is 4.66. The number of para-hydroxylation sites is 1. The lowest BCUT2D eigenvalue weighted by Gasteiger charge is -2.35. The number of rotatable bonds is 3. The molecule has 6 nitrogen and oxygen atoms in total. The van der Waals surface area contributed by atoms with Crippen LogP contribution < -0.4 is 15.0 Å². The molecule has 2 aromatic rings. The van der Waals surface area contributed by atoms with Gasteiger partial charge < -0.3 is 9.64 Å². The predicted octanol–water partition coefficient (Wildman–Crippen LogP) is 2.05. The lowest BCUT2D eigenvalue weighted by molar-refractivity contribution is -0.126. The molecule has 2 aromatic carbocycles. The van der Waals surface area contributed by atoms with E-state index in [1.807, 2.05) is 41.3 Å². The van der Waals surface area contributed by atoms with Gasteiger partial charge in [-0.3, -0.25) is 19.7 Å². The first-order valence-electron chi connectivity index (χ1n) is 9.18. The number of hydrogen-bond donors (Lipinski definition) is 1. The summed E-state index contributed by atoms with van der Waals surface area (Å²) in [6, 6.07) is 13.5. The Balaban J connectivity index is 1.63. The van der Waals surface area contributed by atoms with E-state index in [0.717, 1.165) is 11.3 Å². The summed E-state index contributed by atoms with van der Waals surface area (Å²) in [5.74, 6) is -1.47. The van der Waals surface area contributed by atoms with Gasteiger partial charge in [-0.15, -0.1) is 0 Å². The van der Waals surface area contributed by atoms with Crippen LogP contribution in [0.25, 0.3) is 6.08 Å². The van der Waals surface area contributed by atoms with E-state index in [4.69, 9.17) is 4.74 Å². The van der Waals surface area contributed by atoms with Crippen molar-refractivity contribution in [1.82, 2.24) is 5.32 Å². The molecule has 0 bridgehead atoms. The third-order valence-corrected chi connectivity index (χ3v) is 5.90. The number of imide groups is 1. The van der Waals surface area contributed by atoms with E-state index in [9.17, 15) is 14.4 Å². The predicted molar refractivity (Wildman–Crippen MR) is 103 cm³/mol. The number of methoxy groups -OCH3 is 1. The Labute approximate surface area is 161 Å². The summed E-state index contributed by atoms with van der Waals surface area (Å²) in [7, 11) is 1.56. The zero-order valence-electron chi connectivity index (χ0n) is 15.2. The lowest BCUT2D eigenvalue weighted by Crippen LogP contribution is -2.47. The number of fused-ring (bicyclic) bond motifs is 5. The standard InChI is InChI=1S/C22H18N2O4/c1-28-14-9-6-13(7-10-14)20(25)19-18-17(21(26)23-22(18)27)16-11-8-12-4-2-3-5-15(12)24(16)19/h2-11,16-19H,1H3,(H,23,26,27)/t16-,17+,18-,19+/m1/s1. The van der Waals surface area contributed by atoms with Gasteiger partial charge in [0.05, 0.1) is 25.0 Å². The number of Topliss-reactive ketones (excluding diaryl/α,β-unsaturated/α-hetero) is 1. The average Bonchev–Trinajstić information content (AvgIpc) is 3.23. The minimum absolute atomic E-state index is 0.171. The first-order valence-corrected chi connectivity index (χ1v) is 9.18. The van der Waals surface area contributed by atoms with Crippen molar-refractivity contribution < 1.29 is 19.1 Å². The van der Waals surface area contributed by atoms with Crippen molar-refractivity contribution in [3.05, 3.63) is 65.7 Å². The fraction of sp³-hybridized carbons (Fsp3) is 0.227. The molecule has 3 aliphatic rings. The molecule has 0 unspecified atom stereocenters. The zero-order valence-corrected chi connectivity index (χ0v) is 15.2. The van der Waals surface area contributed by atoms with E-state index < -0.39 is 17.9 Å². The van der Waals surface area contributed by atoms with Gasteiger partial charge in [-0.05, 0) is 35.9 Å². The summed E-state index contributed by atoms with van der Waals surface area (Å²) in [5, 5.41) is 2.42. The van der Waals surface area contributed by atoms with E-state index >= 15 is 0 Å². The van der Waals surface area contributed by atoms with Crippen molar-refractivity contribution in [2.75, 3.05) is 12.0 Å². The number of anilines is 1. The van der Waals surface area contributed by atoms with Crippen molar-refractivity contribution in [2.24, 2.45) is 11.8 Å². The van der Waals surface area contributed by atoms with Gasteiger partial charge in [-0.25, -0.2) is 0 Å². The fourth-order valence-electron chi connectivity index (χ4n) is 4.66. The Morgan fingerprint density at radius 1 is 1.00 bits per heavy atom. The van der Waals surface area contributed by atoms with Crippen molar-refractivity contribution >= 4 is 29.4 Å². The largest absolute Gasteiger partial charge is 0.497 e. The maximum atomic E-state index is 13.5. The molecular formula is C22H18N2O4. The van der Waals surface area contributed by atoms with Crippen LogP contribution in [0.1, 0.15) is 15.9 Å². The number of nitrogens with zero attached hydrogens (tertiary/aromatic N) is 1. The molecule has 2 fully saturated rings. The van der Waals surface area contributed by atoms with Crippen molar-refractivity contribution in [2.45, 2.75) is 12.1 Å². The summed E-state index contributed by atoms with van der Waals surface area (Å²) in [6.07, 6.45) is 3.89. The lowest BCUT2D eigenvalue weighted by atomic mass is 9.86. The van der Waals surface area contributed by atoms with Gasteiger partial charge in [0, 0.05) is 11.3 Å². The number of carbonyl (C=O) groups excluding carboxylic acids is 3. The smallest absolute Gasteiger partial charge is 0.233 e. The van der Waals surface area contributed by atoms with E-state index in [0.29, 0.717) is 11.3 Å². The second-order valence-electron chi connectivity index (χ2n) is 7.26. The Kier molecular flexibility index (Phi) is 3.62. The molecule has 0 spiro atoms. The van der Waals surface area contributed by atoms with Crippen LogP contribution in [0.15, 0.2) is 54.6 Å². The summed E-state index contributed by atoms with van der Waals surface area (Å²) in [6.45, 7) is 0. The highest BCUT2D eigenvalue weighted by atomic mass is 16.5. The Morgan fingerprint density at radius 3 is 2.46 bits per heavy atom. The summed E-state index contributed by atoms with van der Waals surface area (Å²) in [5.41, 5.74) is 2.33. The highest BCUT2D eigenvalue weighted by Crippen LogP contribution is 2.46. The summed E-state index contributed by atoms with van der Waals surface area (Å²) < 4.78 is 5.17. The highest BCUT2D eigenvalue weighted by Gasteiger charge is 2.61. The molecule has 1 N–H and O–H groups in total. The number of ether oxygens (including phenoxy) is 1. The molecule has 2 saturated heterocycles. The minimum atomic E-state index is -0.735. The van der Waals surface area contributed by atoms with Gasteiger partial charge in [-0.1, -0.05) is 30.4 Å². The molecule has 28 heavy (non-hydrogen) atoms. The van der Waals surface area contributed by atoms with Gasteiger partial charge in [0.25, 0.3) is 0 Å². The van der Waals surface area contributed by atoms with E-state index in [2.05, 4.69) is 5.32 Å². The van der Waals surface area contributed by atoms with E-state index in [1.54, 1.807) is 31.4 Å². The van der Waals surface area contributed by atoms with Gasteiger partial charge in [0.2, 0.25) is 11.8 Å². The molecule has 0 saturated carbocycles. The zero-order chi connectivity index (χ0) is 19.4. The quantitative estimate of drug-likeness (QED) is 0.657. The molecule has 4 atom stereocenters. The van der Waals surface area contributed by atoms with Crippen LogP contribution in [0.5, 0.6) is 5.75 Å². The molecule has 3 heterocycles. The topological polar surface area (TPSA) is 75.7 Å². The van der Waals surface area contributed by atoms with Crippen LogP contribution in [0.3, 0.4) is 0 Å². The number of ketones is 1. The monoisotopic (exact) mass is 374 g/mol. The molecular weight excluding hydrogens is 356 g/mol. The third-order valence-electron chi connectivity index (χ3n) is 5.90. The van der Waals surface area contributed by atoms with Crippen LogP contribution in [-0.4, -0.2) is 36.8 Å². The first kappa shape index (κ1) is 16.7. The molecule has 2 amide bonds. The van der Waals surface area contributed by atoms with Gasteiger partial charge in [0.1, 0.15) is 11.8 Å². The second kappa shape index (κ2) is 6.05.